The molecule has 0 fully saturated rings. The number of hydrogen-bond donors (Lipinski definition) is 2. The van der Waals surface area contributed by atoms with Crippen molar-refractivity contribution in [2.75, 3.05) is 0 Å². The highest BCUT2D eigenvalue weighted by Crippen LogP contribution is 2.32. The molecule has 0 bridgehead atoms. The lowest BCUT2D eigenvalue weighted by Gasteiger charge is -2.18. The van der Waals surface area contributed by atoms with Crippen LogP contribution in [0.5, 0.6) is 0 Å². The van der Waals surface area contributed by atoms with Gasteiger partial charge in [0.05, 0.1) is 12.2 Å². The summed E-state index contributed by atoms with van der Waals surface area (Å²) in [6.07, 6.45) is -3.37. The number of nitrogens with one attached hydrogen (secondary N) is 2. The number of benzene rings is 2. The Morgan fingerprint density at radius 2 is 1.74 bits per heavy atom. The molecule has 4 rings (SSSR count). The Morgan fingerprint density at radius 1 is 1.03 bits per heavy atom. The first-order valence-corrected chi connectivity index (χ1v) is 12.4. The van der Waals surface area contributed by atoms with Gasteiger partial charge in [-0.15, -0.1) is 11.3 Å². The first-order valence-electron chi connectivity index (χ1n) is 11.5. The van der Waals surface area contributed by atoms with Crippen molar-refractivity contribution in [2.24, 2.45) is 0 Å². The number of rotatable bonds is 10. The highest BCUT2D eigenvalue weighted by molar-refractivity contribution is 7.09. The van der Waals surface area contributed by atoms with Gasteiger partial charge in [-0.25, -0.2) is 9.37 Å². The van der Waals surface area contributed by atoms with Crippen molar-refractivity contribution >= 4 is 28.9 Å². The third-order valence-electron chi connectivity index (χ3n) is 5.55. The van der Waals surface area contributed by atoms with Gasteiger partial charge in [-0.1, -0.05) is 30.3 Å². The Kier molecular flexibility index (Phi) is 8.49. The van der Waals surface area contributed by atoms with Gasteiger partial charge >= 0.3 is 6.18 Å². The van der Waals surface area contributed by atoms with Crippen molar-refractivity contribution < 1.29 is 31.9 Å². The van der Waals surface area contributed by atoms with E-state index in [1.807, 2.05) is 0 Å². The molecule has 39 heavy (non-hydrogen) atoms. The van der Waals surface area contributed by atoms with Crippen molar-refractivity contribution in [3.8, 4) is 11.3 Å². The predicted octanol–water partition coefficient (Wildman–Crippen LogP) is 3.78. The Labute approximate surface area is 223 Å². The molecule has 0 spiro atoms. The van der Waals surface area contributed by atoms with Gasteiger partial charge in [-0.2, -0.15) is 18.3 Å². The number of nitrogens with zero attached hydrogens (tertiary/aromatic N) is 3. The number of aromatic nitrogens is 3. The monoisotopic (exact) mass is 559 g/mol. The Balaban J connectivity index is 1.53. The van der Waals surface area contributed by atoms with Crippen molar-refractivity contribution in [3.63, 3.8) is 0 Å². The van der Waals surface area contributed by atoms with Crippen molar-refractivity contribution in [3.05, 3.63) is 94.3 Å². The number of carbonyl (C=O) groups excluding carboxylic acids is 3. The van der Waals surface area contributed by atoms with Gasteiger partial charge in [0, 0.05) is 23.6 Å². The second-order valence-corrected chi connectivity index (χ2v) is 9.34. The first-order chi connectivity index (χ1) is 18.6. The topological polar surface area (TPSA) is 106 Å². The maximum absolute atomic E-state index is 13.7. The number of carbonyl (C=O) groups is 3. The summed E-state index contributed by atoms with van der Waals surface area (Å²) in [4.78, 5) is 42.4. The fourth-order valence-electron chi connectivity index (χ4n) is 3.70. The van der Waals surface area contributed by atoms with Gasteiger partial charge < -0.3 is 10.6 Å². The maximum atomic E-state index is 13.7. The normalized spacial score (nSPS) is 12.1. The smallest absolute Gasteiger partial charge is 0.344 e. The van der Waals surface area contributed by atoms with Gasteiger partial charge in [-0.05, 0) is 35.9 Å². The minimum atomic E-state index is -4.85. The lowest BCUT2D eigenvalue weighted by atomic mass is 10.0. The molecule has 0 radical (unpaired) electrons. The molecule has 0 aliphatic carbocycles. The first kappa shape index (κ1) is 27.6. The molecule has 13 heteroatoms. The highest BCUT2D eigenvalue weighted by atomic mass is 32.1. The molecule has 0 saturated carbocycles. The van der Waals surface area contributed by atoms with E-state index in [-0.39, 0.29) is 24.2 Å². The van der Waals surface area contributed by atoms with E-state index in [2.05, 4.69) is 20.7 Å². The van der Waals surface area contributed by atoms with Gasteiger partial charge in [0.25, 0.3) is 5.91 Å². The summed E-state index contributed by atoms with van der Waals surface area (Å²) in [5.41, 5.74) is -0.481. The highest BCUT2D eigenvalue weighted by Gasteiger charge is 2.37. The van der Waals surface area contributed by atoms with Crippen molar-refractivity contribution in [1.82, 2.24) is 25.4 Å². The molecule has 202 valence electrons. The fraction of sp³-hybridized carbons (Fsp3) is 0.192. The number of alkyl halides is 3. The zero-order valence-corrected chi connectivity index (χ0v) is 20.9. The Bertz CT molecular complexity index is 1440. The number of halogens is 4. The summed E-state index contributed by atoms with van der Waals surface area (Å²) in [7, 11) is 0. The van der Waals surface area contributed by atoms with Crippen molar-refractivity contribution in [2.45, 2.75) is 31.7 Å². The van der Waals surface area contributed by atoms with Crippen LogP contribution in [0.1, 0.15) is 16.3 Å². The molecule has 0 saturated heterocycles. The summed E-state index contributed by atoms with van der Waals surface area (Å²) < 4.78 is 54.9. The minimum absolute atomic E-state index is 0.00261. The molecule has 8 nitrogen and oxygen atoms in total. The summed E-state index contributed by atoms with van der Waals surface area (Å²) in [6, 6.07) is 12.6. The minimum Gasteiger partial charge on any atom is -0.344 e. The summed E-state index contributed by atoms with van der Waals surface area (Å²) in [5.74, 6) is -3.47. The zero-order chi connectivity index (χ0) is 28.0. The summed E-state index contributed by atoms with van der Waals surface area (Å²) in [5, 5.41) is 11.0. The van der Waals surface area contributed by atoms with Crippen LogP contribution in [0.3, 0.4) is 0 Å². The largest absolute Gasteiger partial charge is 0.433 e. The maximum Gasteiger partial charge on any atom is 0.433 e. The average Bonchev–Trinajstić information content (AvgIpc) is 3.58. The second kappa shape index (κ2) is 12.0. The number of Topliss-reactive ketones (excluding diaryl/α,β-unsaturated/α-hetero) is 1. The molecule has 2 N–H and O–H groups in total. The van der Waals surface area contributed by atoms with E-state index >= 15 is 0 Å². The molecule has 2 heterocycles. The Hall–Kier alpha value is -4.39. The van der Waals surface area contributed by atoms with Crippen LogP contribution in [0, 0.1) is 5.82 Å². The van der Waals surface area contributed by atoms with Crippen molar-refractivity contribution in [1.29, 1.82) is 0 Å². The quantitative estimate of drug-likeness (QED) is 0.227. The van der Waals surface area contributed by atoms with Crippen LogP contribution in [0.15, 0.2) is 72.2 Å². The van der Waals surface area contributed by atoms with Crippen LogP contribution in [-0.2, 0) is 40.1 Å². The summed E-state index contributed by atoms with van der Waals surface area (Å²) in [6.45, 7) is -0.877. The summed E-state index contributed by atoms with van der Waals surface area (Å²) >= 11 is 1.28. The number of thiazole rings is 1. The van der Waals surface area contributed by atoms with E-state index in [0.717, 1.165) is 18.2 Å². The molecule has 4 aromatic rings. The van der Waals surface area contributed by atoms with Crippen LogP contribution in [0.25, 0.3) is 11.3 Å². The molecule has 0 aliphatic rings. The van der Waals surface area contributed by atoms with Gasteiger partial charge in [0.15, 0.2) is 0 Å². The van der Waals surface area contributed by atoms with Crippen LogP contribution < -0.4 is 10.6 Å². The third kappa shape index (κ3) is 7.35. The van der Waals surface area contributed by atoms with Gasteiger partial charge in [0.2, 0.25) is 11.7 Å². The molecular formula is C26H21F4N5O3S. The van der Waals surface area contributed by atoms with Crippen LogP contribution >= 0.6 is 11.3 Å². The Morgan fingerprint density at radius 3 is 2.38 bits per heavy atom. The molecule has 1 atom stereocenters. The number of ketones is 1. The van der Waals surface area contributed by atoms with Gasteiger partial charge in [0.1, 0.15) is 29.1 Å². The molecule has 2 aromatic heterocycles. The number of hydrogen-bond acceptors (Lipinski definition) is 6. The van der Waals surface area contributed by atoms with E-state index < -0.39 is 47.9 Å². The van der Waals surface area contributed by atoms with Crippen LogP contribution in [0.2, 0.25) is 0 Å². The standard InChI is InChI=1S/C26H21F4N5O3S/c27-18-8-6-17(7-9-18)19-13-21(26(28,29)30)35(34-19)15-22(36)33-20(12-16-4-2-1-3-5-16)24(37)25(38)32-14-23-31-10-11-39-23/h1-11,13,20H,12,14-15H2,(H,32,38)(H,33,36)/t20-/m1/s1. The molecule has 0 aliphatic heterocycles. The van der Waals surface area contributed by atoms with E-state index in [4.69, 9.17) is 0 Å². The van der Waals surface area contributed by atoms with E-state index in [1.54, 1.807) is 41.9 Å². The zero-order valence-electron chi connectivity index (χ0n) is 20.1. The lowest BCUT2D eigenvalue weighted by Crippen LogP contribution is -2.49. The van der Waals surface area contributed by atoms with Gasteiger partial charge in [-0.3, -0.25) is 19.1 Å². The molecule has 0 unspecified atom stereocenters. The van der Waals surface area contributed by atoms with E-state index in [0.29, 0.717) is 15.3 Å². The fourth-order valence-corrected chi connectivity index (χ4v) is 4.26. The second-order valence-electron chi connectivity index (χ2n) is 8.36. The SMILES string of the molecule is O=C(Cn1nc(-c2ccc(F)cc2)cc1C(F)(F)F)N[C@H](Cc1ccccc1)C(=O)C(=O)NCc1nccs1. The molecule has 2 aromatic carbocycles. The van der Waals surface area contributed by atoms with E-state index in [9.17, 15) is 31.9 Å². The van der Waals surface area contributed by atoms with Crippen LogP contribution in [0.4, 0.5) is 17.6 Å². The lowest BCUT2D eigenvalue weighted by molar-refractivity contribution is -0.145. The number of amides is 2. The van der Waals surface area contributed by atoms with E-state index in [1.165, 1.54) is 23.5 Å². The van der Waals surface area contributed by atoms with Crippen LogP contribution in [-0.4, -0.2) is 38.4 Å². The predicted molar refractivity (Wildman–Crippen MR) is 134 cm³/mol. The average molecular weight is 560 g/mol. The molecular weight excluding hydrogens is 538 g/mol. The molecule has 2 amide bonds. The third-order valence-corrected chi connectivity index (χ3v) is 6.33.